The quantitative estimate of drug-likeness (QED) is 0.784. The van der Waals surface area contributed by atoms with Crippen molar-refractivity contribution in [3.63, 3.8) is 0 Å². The van der Waals surface area contributed by atoms with Crippen molar-refractivity contribution in [1.82, 2.24) is 34.4 Å². The molecule has 0 radical (unpaired) electrons. The van der Waals surface area contributed by atoms with Gasteiger partial charge < -0.3 is 10.2 Å². The molecule has 4 rings (SSSR count). The topological polar surface area (TPSA) is 71.2 Å². The number of nitrogens with zero attached hydrogens (tertiary/aromatic N) is 6. The van der Waals surface area contributed by atoms with E-state index < -0.39 is 6.55 Å². The van der Waals surface area contributed by atoms with Crippen molar-refractivity contribution in [3.8, 4) is 0 Å². The molecule has 0 bridgehead atoms. The van der Waals surface area contributed by atoms with Crippen LogP contribution < -0.4 is 5.32 Å². The van der Waals surface area contributed by atoms with Crippen LogP contribution >= 0.6 is 12.4 Å². The summed E-state index contributed by atoms with van der Waals surface area (Å²) in [4.78, 5) is 20.6. The Morgan fingerprint density at radius 1 is 1.24 bits per heavy atom. The maximum absolute atomic E-state index is 12.9. The Hall–Kier alpha value is -2.04. The molecule has 1 amide bonds. The van der Waals surface area contributed by atoms with Gasteiger partial charge in [-0.25, -0.2) is 4.98 Å². The van der Waals surface area contributed by atoms with Gasteiger partial charge in [0.2, 0.25) is 0 Å². The summed E-state index contributed by atoms with van der Waals surface area (Å²) in [7, 11) is 0. The van der Waals surface area contributed by atoms with Crippen molar-refractivity contribution < 1.29 is 13.6 Å². The van der Waals surface area contributed by atoms with Gasteiger partial charge in [-0.15, -0.1) is 12.4 Å². The molecule has 1 N–H and O–H groups in total. The number of piperidine rings is 1. The molecular formula is C18H26ClF2N7O. The molecule has 11 heteroatoms. The Kier molecular flexibility index (Phi) is 7.20. The van der Waals surface area contributed by atoms with Gasteiger partial charge in [0.1, 0.15) is 11.5 Å². The van der Waals surface area contributed by atoms with Crippen LogP contribution in [0.15, 0.2) is 24.7 Å². The van der Waals surface area contributed by atoms with Gasteiger partial charge in [0, 0.05) is 51.3 Å². The summed E-state index contributed by atoms with van der Waals surface area (Å²) in [5.41, 5.74) is 0.465. The molecular weight excluding hydrogens is 404 g/mol. The number of aromatic nitrogens is 4. The average Bonchev–Trinajstić information content (AvgIpc) is 3.38. The number of piperazine rings is 1. The lowest BCUT2D eigenvalue weighted by molar-refractivity contribution is 0.0551. The molecule has 1 atom stereocenters. The Morgan fingerprint density at radius 2 is 2.03 bits per heavy atom. The highest BCUT2D eigenvalue weighted by atomic mass is 35.5. The summed E-state index contributed by atoms with van der Waals surface area (Å²) in [5.74, 6) is 0.269. The normalized spacial score (nSPS) is 20.7. The molecule has 2 aromatic heterocycles. The smallest absolute Gasteiger partial charge is 0.319 e. The Morgan fingerprint density at radius 3 is 2.72 bits per heavy atom. The van der Waals surface area contributed by atoms with E-state index >= 15 is 0 Å². The van der Waals surface area contributed by atoms with Crippen LogP contribution in [0.25, 0.3) is 0 Å². The summed E-state index contributed by atoms with van der Waals surface area (Å²) in [6.45, 7) is 2.01. The molecule has 2 fully saturated rings. The zero-order chi connectivity index (χ0) is 19.5. The first-order valence-electron chi connectivity index (χ1n) is 9.69. The van der Waals surface area contributed by atoms with E-state index in [2.05, 4.69) is 15.4 Å². The highest BCUT2D eigenvalue weighted by Gasteiger charge is 2.26. The first-order valence-corrected chi connectivity index (χ1v) is 9.69. The van der Waals surface area contributed by atoms with Crippen molar-refractivity contribution in [2.75, 3.05) is 39.3 Å². The molecule has 2 aliphatic rings. The van der Waals surface area contributed by atoms with Gasteiger partial charge in [-0.3, -0.25) is 18.9 Å². The fourth-order valence-corrected chi connectivity index (χ4v) is 3.83. The highest BCUT2D eigenvalue weighted by Crippen LogP contribution is 2.18. The number of hydrogen-bond acceptors (Lipinski definition) is 5. The lowest BCUT2D eigenvalue weighted by Gasteiger charge is -2.34. The second-order valence-electron chi connectivity index (χ2n) is 7.28. The fraction of sp³-hybridized carbons (Fsp3) is 0.611. The number of nitrogens with one attached hydrogen (secondary N) is 1. The van der Waals surface area contributed by atoms with Crippen molar-refractivity contribution in [2.45, 2.75) is 32.0 Å². The molecule has 2 aliphatic heterocycles. The van der Waals surface area contributed by atoms with E-state index in [1.54, 1.807) is 11.0 Å². The molecule has 2 saturated heterocycles. The molecule has 160 valence electrons. The zero-order valence-electron chi connectivity index (χ0n) is 16.1. The van der Waals surface area contributed by atoms with Gasteiger partial charge in [0.25, 0.3) is 5.91 Å². The molecule has 29 heavy (non-hydrogen) atoms. The van der Waals surface area contributed by atoms with Crippen LogP contribution in [-0.2, 0) is 6.54 Å². The van der Waals surface area contributed by atoms with E-state index in [1.807, 2.05) is 15.8 Å². The van der Waals surface area contributed by atoms with Crippen LogP contribution in [0.5, 0.6) is 0 Å². The van der Waals surface area contributed by atoms with Crippen LogP contribution in [0.1, 0.15) is 41.7 Å². The summed E-state index contributed by atoms with van der Waals surface area (Å²) < 4.78 is 28.7. The number of hydrogen-bond donors (Lipinski definition) is 1. The monoisotopic (exact) mass is 429 g/mol. The largest absolute Gasteiger partial charge is 0.335 e. The zero-order valence-corrected chi connectivity index (χ0v) is 16.9. The number of rotatable bonds is 5. The molecule has 1 unspecified atom stereocenters. The van der Waals surface area contributed by atoms with E-state index in [4.69, 9.17) is 0 Å². The van der Waals surface area contributed by atoms with Crippen LogP contribution in [0, 0.1) is 0 Å². The summed E-state index contributed by atoms with van der Waals surface area (Å²) in [5, 5.41) is 7.85. The third kappa shape index (κ3) is 4.93. The first kappa shape index (κ1) is 21.7. The Bertz CT molecular complexity index is 798. The number of carbonyl (C=O) groups excluding carboxylic acids is 1. The molecule has 0 spiro atoms. The van der Waals surface area contributed by atoms with Gasteiger partial charge in [-0.1, -0.05) is 0 Å². The maximum atomic E-state index is 12.9. The van der Waals surface area contributed by atoms with Gasteiger partial charge >= 0.3 is 6.55 Å². The second-order valence-corrected chi connectivity index (χ2v) is 7.28. The van der Waals surface area contributed by atoms with Crippen molar-refractivity contribution in [3.05, 3.63) is 36.2 Å². The third-order valence-electron chi connectivity index (χ3n) is 5.46. The van der Waals surface area contributed by atoms with Gasteiger partial charge in [0.15, 0.2) is 0 Å². The minimum atomic E-state index is -2.59. The van der Waals surface area contributed by atoms with Gasteiger partial charge in [-0.2, -0.15) is 13.9 Å². The lowest BCUT2D eigenvalue weighted by atomic mass is 10.1. The van der Waals surface area contributed by atoms with Crippen LogP contribution in [0.3, 0.4) is 0 Å². The summed E-state index contributed by atoms with van der Waals surface area (Å²) in [6, 6.07) is 2.08. The Labute approximate surface area is 174 Å². The van der Waals surface area contributed by atoms with Crippen LogP contribution in [0.2, 0.25) is 0 Å². The highest BCUT2D eigenvalue weighted by molar-refractivity contribution is 5.92. The first-order chi connectivity index (χ1) is 13.6. The van der Waals surface area contributed by atoms with Crippen LogP contribution in [0.4, 0.5) is 8.78 Å². The standard InChI is InChI=1S/C18H25F2N7O.ClH/c19-18(20)26-7-5-22-16(26)13-24-8-10-25(11-9-24)17(28)15-3-6-27(23-15)14-2-1-4-21-12-14;/h3,5-7,14,18,21H,1-2,4,8-13H2;1H. The second kappa shape index (κ2) is 9.64. The van der Waals surface area contributed by atoms with Crippen LogP contribution in [-0.4, -0.2) is 74.3 Å². The third-order valence-corrected chi connectivity index (χ3v) is 5.46. The predicted molar refractivity (Wildman–Crippen MR) is 105 cm³/mol. The fourth-order valence-electron chi connectivity index (χ4n) is 3.83. The van der Waals surface area contributed by atoms with Crippen molar-refractivity contribution in [2.24, 2.45) is 0 Å². The molecule has 8 nitrogen and oxygen atoms in total. The Balaban J connectivity index is 0.00000240. The maximum Gasteiger partial charge on any atom is 0.319 e. The number of carbonyl (C=O) groups is 1. The number of imidazole rings is 1. The van der Waals surface area contributed by atoms with Gasteiger partial charge in [0.05, 0.1) is 12.6 Å². The average molecular weight is 430 g/mol. The lowest BCUT2D eigenvalue weighted by Crippen LogP contribution is -2.48. The summed E-state index contributed by atoms with van der Waals surface area (Å²) in [6.07, 6.45) is 6.73. The molecule has 0 aromatic carbocycles. The SMILES string of the molecule is Cl.O=C(c1ccn(C2CCCNC2)n1)N1CCN(Cc2nccn2C(F)F)CC1. The minimum Gasteiger partial charge on any atom is -0.335 e. The number of alkyl halides is 2. The van der Waals surface area contributed by atoms with E-state index in [0.29, 0.717) is 50.3 Å². The van der Waals surface area contributed by atoms with Crippen molar-refractivity contribution in [1.29, 1.82) is 0 Å². The minimum absolute atomic E-state index is 0. The van der Waals surface area contributed by atoms with E-state index in [9.17, 15) is 13.6 Å². The van der Waals surface area contributed by atoms with E-state index in [0.717, 1.165) is 30.5 Å². The molecule has 4 heterocycles. The summed E-state index contributed by atoms with van der Waals surface area (Å²) >= 11 is 0. The van der Waals surface area contributed by atoms with Gasteiger partial charge in [-0.05, 0) is 25.5 Å². The van der Waals surface area contributed by atoms with E-state index in [-0.39, 0.29) is 18.3 Å². The van der Waals surface area contributed by atoms with Crippen molar-refractivity contribution >= 4 is 18.3 Å². The molecule has 0 aliphatic carbocycles. The van der Waals surface area contributed by atoms with E-state index in [1.165, 1.54) is 12.4 Å². The predicted octanol–water partition coefficient (Wildman–Crippen LogP) is 1.78. The molecule has 2 aromatic rings. The molecule has 0 saturated carbocycles. The number of amides is 1. The number of halogens is 3.